The quantitative estimate of drug-likeness (QED) is 0.493. The second-order valence-electron chi connectivity index (χ2n) is 6.22. The van der Waals surface area contributed by atoms with Gasteiger partial charge in [0.15, 0.2) is 5.78 Å². The lowest BCUT2D eigenvalue weighted by Crippen LogP contribution is -2.17. The number of hydrogen-bond donors (Lipinski definition) is 1. The number of nitrogens with one attached hydrogen (secondary N) is 1. The normalized spacial score (nSPS) is 10.6. The number of aromatic nitrogens is 4. The van der Waals surface area contributed by atoms with Gasteiger partial charge in [0.1, 0.15) is 5.82 Å². The third kappa shape index (κ3) is 4.08. The molecule has 30 heavy (non-hydrogen) atoms. The van der Waals surface area contributed by atoms with Crippen LogP contribution >= 0.6 is 11.6 Å². The Morgan fingerprint density at radius 2 is 1.70 bits per heavy atom. The van der Waals surface area contributed by atoms with Crippen molar-refractivity contribution in [3.05, 3.63) is 101 Å². The Morgan fingerprint density at radius 1 is 0.967 bits per heavy atom. The molecule has 0 spiro atoms. The van der Waals surface area contributed by atoms with Gasteiger partial charge in [-0.1, -0.05) is 41.9 Å². The number of rotatable bonds is 5. The fraction of sp³-hybridized carbons (Fsp3) is 0. The van der Waals surface area contributed by atoms with Crippen molar-refractivity contribution < 1.29 is 14.0 Å². The fourth-order valence-electron chi connectivity index (χ4n) is 2.73. The minimum Gasteiger partial charge on any atom is -0.318 e. The van der Waals surface area contributed by atoms with E-state index in [9.17, 15) is 14.0 Å². The lowest BCUT2D eigenvalue weighted by molar-refractivity contribution is 0.101. The largest absolute Gasteiger partial charge is 0.318 e. The number of nitrogens with zero attached hydrogens (tertiary/aromatic N) is 4. The lowest BCUT2D eigenvalue weighted by Gasteiger charge is -2.10. The molecule has 0 saturated carbocycles. The number of carbonyl (C=O) groups excluding carboxylic acids is 2. The number of carbonyl (C=O) groups is 2. The molecule has 1 amide bonds. The molecule has 1 heterocycles. The summed E-state index contributed by atoms with van der Waals surface area (Å²) in [5.74, 6) is -1.58. The number of benzene rings is 3. The maximum atomic E-state index is 13.1. The van der Waals surface area contributed by atoms with Crippen LogP contribution in [0.3, 0.4) is 0 Å². The van der Waals surface area contributed by atoms with Crippen LogP contribution in [0.5, 0.6) is 0 Å². The molecular weight excluding hydrogens is 409 g/mol. The monoisotopic (exact) mass is 421 g/mol. The van der Waals surface area contributed by atoms with E-state index in [0.29, 0.717) is 16.3 Å². The first-order valence-electron chi connectivity index (χ1n) is 8.78. The molecule has 148 valence electrons. The van der Waals surface area contributed by atoms with E-state index < -0.39 is 11.7 Å². The molecule has 1 aromatic heterocycles. The molecular formula is C21H13ClFN5O2. The highest BCUT2D eigenvalue weighted by molar-refractivity contribution is 6.31. The summed E-state index contributed by atoms with van der Waals surface area (Å²) in [4.78, 5) is 26.6. The maximum absolute atomic E-state index is 13.1. The molecule has 1 N–H and O–H groups in total. The van der Waals surface area contributed by atoms with Crippen molar-refractivity contribution in [3.63, 3.8) is 0 Å². The van der Waals surface area contributed by atoms with Crippen molar-refractivity contribution in [1.82, 2.24) is 20.2 Å². The molecule has 3 aromatic carbocycles. The van der Waals surface area contributed by atoms with Gasteiger partial charge in [0.25, 0.3) is 11.7 Å². The lowest BCUT2D eigenvalue weighted by atomic mass is 10.0. The highest BCUT2D eigenvalue weighted by atomic mass is 35.5. The second kappa shape index (κ2) is 8.22. The molecule has 0 radical (unpaired) electrons. The molecule has 4 aromatic rings. The third-order valence-electron chi connectivity index (χ3n) is 4.18. The van der Waals surface area contributed by atoms with Gasteiger partial charge in [0, 0.05) is 16.1 Å². The van der Waals surface area contributed by atoms with Crippen LogP contribution in [-0.4, -0.2) is 31.9 Å². The molecule has 9 heteroatoms. The number of hydrogen-bond acceptors (Lipinski definition) is 5. The zero-order valence-corrected chi connectivity index (χ0v) is 16.0. The van der Waals surface area contributed by atoms with Gasteiger partial charge in [-0.25, -0.2) is 4.39 Å². The van der Waals surface area contributed by atoms with Crippen molar-refractivity contribution >= 4 is 29.0 Å². The van der Waals surface area contributed by atoms with Crippen LogP contribution in [0.4, 0.5) is 10.1 Å². The Hall–Kier alpha value is -3.91. The SMILES string of the molecule is O=C(Nc1ccc(Cl)cc1C(=O)c1ccccc1)c1nnn(-c2ccc(F)cc2)n1. The summed E-state index contributed by atoms with van der Waals surface area (Å²) in [6, 6.07) is 18.6. The van der Waals surface area contributed by atoms with Crippen molar-refractivity contribution in [2.45, 2.75) is 0 Å². The first-order chi connectivity index (χ1) is 14.5. The molecule has 0 aliphatic carbocycles. The third-order valence-corrected chi connectivity index (χ3v) is 4.42. The summed E-state index contributed by atoms with van der Waals surface area (Å²) in [5, 5.41) is 14.5. The Kier molecular flexibility index (Phi) is 5.32. The number of amides is 1. The van der Waals surface area contributed by atoms with Crippen LogP contribution in [0.25, 0.3) is 5.69 Å². The van der Waals surface area contributed by atoms with Crippen LogP contribution in [0.1, 0.15) is 26.5 Å². The number of tetrazole rings is 1. The molecule has 7 nitrogen and oxygen atoms in total. The fourth-order valence-corrected chi connectivity index (χ4v) is 2.90. The number of anilines is 1. The van der Waals surface area contributed by atoms with Gasteiger partial charge < -0.3 is 5.32 Å². The zero-order valence-electron chi connectivity index (χ0n) is 15.3. The summed E-state index contributed by atoms with van der Waals surface area (Å²) in [7, 11) is 0. The van der Waals surface area contributed by atoms with E-state index >= 15 is 0 Å². The molecule has 0 fully saturated rings. The van der Waals surface area contributed by atoms with Gasteiger partial charge in [-0.15, -0.1) is 15.0 Å². The van der Waals surface area contributed by atoms with Gasteiger partial charge in [0.05, 0.1) is 11.4 Å². The standard InChI is InChI=1S/C21H13ClFN5O2/c22-14-6-11-18(17(12-14)19(29)13-4-2-1-3-5-13)24-21(30)20-25-27-28(26-20)16-9-7-15(23)8-10-16/h1-12H,(H,24,30). The van der Waals surface area contributed by atoms with Gasteiger partial charge in [-0.3, -0.25) is 9.59 Å². The molecule has 0 aliphatic rings. The average Bonchev–Trinajstić information content (AvgIpc) is 3.26. The van der Waals surface area contributed by atoms with Crippen LogP contribution in [0.15, 0.2) is 72.8 Å². The molecule has 0 saturated heterocycles. The maximum Gasteiger partial charge on any atom is 0.297 e. The van der Waals surface area contributed by atoms with Gasteiger partial charge >= 0.3 is 0 Å². The number of halogens is 2. The molecule has 0 aliphatic heterocycles. The number of ketones is 1. The molecule has 0 unspecified atom stereocenters. The van der Waals surface area contributed by atoms with Crippen molar-refractivity contribution in [3.8, 4) is 5.69 Å². The summed E-state index contributed by atoms with van der Waals surface area (Å²) in [5.41, 5.74) is 1.38. The molecule has 4 rings (SSSR count). The average molecular weight is 422 g/mol. The highest BCUT2D eigenvalue weighted by Crippen LogP contribution is 2.24. The van der Waals surface area contributed by atoms with Crippen LogP contribution in [0, 0.1) is 5.82 Å². The van der Waals surface area contributed by atoms with E-state index in [0.717, 1.165) is 4.80 Å². The zero-order chi connectivity index (χ0) is 21.1. The van der Waals surface area contributed by atoms with E-state index in [1.54, 1.807) is 36.4 Å². The first kappa shape index (κ1) is 19.4. The Bertz CT molecular complexity index is 1230. The minimum absolute atomic E-state index is 0.215. The summed E-state index contributed by atoms with van der Waals surface area (Å²) >= 11 is 6.05. The van der Waals surface area contributed by atoms with E-state index in [1.165, 1.54) is 36.4 Å². The second-order valence-corrected chi connectivity index (χ2v) is 6.65. The van der Waals surface area contributed by atoms with Gasteiger partial charge in [-0.2, -0.15) is 0 Å². The van der Waals surface area contributed by atoms with E-state index in [1.807, 2.05) is 0 Å². The predicted octanol–water partition coefficient (Wildman–Crippen LogP) is 3.94. The van der Waals surface area contributed by atoms with Crippen LogP contribution in [0.2, 0.25) is 5.02 Å². The Balaban J connectivity index is 1.60. The molecule has 0 atom stereocenters. The summed E-state index contributed by atoms with van der Waals surface area (Å²) in [6.07, 6.45) is 0. The van der Waals surface area contributed by atoms with Crippen LogP contribution < -0.4 is 5.32 Å². The van der Waals surface area contributed by atoms with Crippen molar-refractivity contribution in [1.29, 1.82) is 0 Å². The van der Waals surface area contributed by atoms with Gasteiger partial charge in [0.2, 0.25) is 0 Å². The highest BCUT2D eigenvalue weighted by Gasteiger charge is 2.19. The van der Waals surface area contributed by atoms with E-state index in [4.69, 9.17) is 11.6 Å². The van der Waals surface area contributed by atoms with Crippen molar-refractivity contribution in [2.75, 3.05) is 5.32 Å². The Labute approximate surface area is 175 Å². The summed E-state index contributed by atoms with van der Waals surface area (Å²) in [6.45, 7) is 0. The minimum atomic E-state index is -0.659. The van der Waals surface area contributed by atoms with E-state index in [2.05, 4.69) is 20.7 Å². The topological polar surface area (TPSA) is 89.8 Å². The Morgan fingerprint density at radius 3 is 2.43 bits per heavy atom. The van der Waals surface area contributed by atoms with Crippen molar-refractivity contribution in [2.24, 2.45) is 0 Å². The predicted molar refractivity (Wildman–Crippen MR) is 108 cm³/mol. The summed E-state index contributed by atoms with van der Waals surface area (Å²) < 4.78 is 13.1. The molecule has 0 bridgehead atoms. The van der Waals surface area contributed by atoms with E-state index in [-0.39, 0.29) is 22.9 Å². The smallest absolute Gasteiger partial charge is 0.297 e. The first-order valence-corrected chi connectivity index (χ1v) is 9.16. The van der Waals surface area contributed by atoms with Crippen LogP contribution in [-0.2, 0) is 0 Å². The van der Waals surface area contributed by atoms with Gasteiger partial charge in [-0.05, 0) is 47.7 Å².